The van der Waals surface area contributed by atoms with Crippen molar-refractivity contribution in [3.05, 3.63) is 0 Å². The summed E-state index contributed by atoms with van der Waals surface area (Å²) in [4.78, 5) is 22.6. The molecule has 0 bridgehead atoms. The molecule has 1 unspecified atom stereocenters. The molecular weight excluding hydrogens is 196 g/mol. The van der Waals surface area contributed by atoms with E-state index in [0.29, 0.717) is 0 Å². The summed E-state index contributed by atoms with van der Waals surface area (Å²) in [5.41, 5.74) is -0.774. The molecule has 15 heavy (non-hydrogen) atoms. The molecule has 5 nitrogen and oxygen atoms in total. The highest BCUT2D eigenvalue weighted by molar-refractivity contribution is 6.35. The normalized spacial score (nSPS) is 13.1. The first-order chi connectivity index (χ1) is 6.82. The van der Waals surface area contributed by atoms with Gasteiger partial charge in [-0.05, 0) is 27.2 Å². The Kier molecular flexibility index (Phi) is 5.28. The van der Waals surface area contributed by atoms with E-state index in [1.54, 1.807) is 13.8 Å². The lowest BCUT2D eigenvalue weighted by atomic mass is 10.1. The molecule has 2 amide bonds. The number of aliphatic hydroxyl groups is 1. The van der Waals surface area contributed by atoms with Crippen molar-refractivity contribution >= 4 is 11.8 Å². The maximum atomic E-state index is 11.3. The van der Waals surface area contributed by atoms with Crippen LogP contribution in [-0.4, -0.2) is 35.1 Å². The van der Waals surface area contributed by atoms with Crippen molar-refractivity contribution in [3.8, 4) is 0 Å². The Labute approximate surface area is 90.2 Å². The van der Waals surface area contributed by atoms with Crippen LogP contribution < -0.4 is 10.6 Å². The molecule has 0 aromatic heterocycles. The van der Waals surface area contributed by atoms with Gasteiger partial charge in [0, 0.05) is 6.04 Å². The molecule has 0 saturated heterocycles. The van der Waals surface area contributed by atoms with Gasteiger partial charge in [-0.2, -0.15) is 0 Å². The van der Waals surface area contributed by atoms with Crippen LogP contribution in [0, 0.1) is 0 Å². The SMILES string of the molecule is CCC(C)NC(=O)C(=O)NC(C)(C)CO. The number of nitrogens with one attached hydrogen (secondary N) is 2. The van der Waals surface area contributed by atoms with Crippen molar-refractivity contribution in [3.63, 3.8) is 0 Å². The third-order valence-corrected chi connectivity index (χ3v) is 2.04. The Morgan fingerprint density at radius 2 is 1.87 bits per heavy atom. The first-order valence-corrected chi connectivity index (χ1v) is 5.06. The van der Waals surface area contributed by atoms with Gasteiger partial charge in [-0.3, -0.25) is 9.59 Å². The molecule has 0 fully saturated rings. The van der Waals surface area contributed by atoms with Gasteiger partial charge in [-0.15, -0.1) is 0 Å². The summed E-state index contributed by atoms with van der Waals surface area (Å²) in [6, 6.07) is -0.0273. The van der Waals surface area contributed by atoms with Gasteiger partial charge >= 0.3 is 11.8 Å². The first-order valence-electron chi connectivity index (χ1n) is 5.06. The fourth-order valence-electron chi connectivity index (χ4n) is 0.795. The highest BCUT2D eigenvalue weighted by atomic mass is 16.3. The van der Waals surface area contributed by atoms with E-state index in [0.717, 1.165) is 6.42 Å². The number of carbonyl (C=O) groups excluding carboxylic acids is 2. The summed E-state index contributed by atoms with van der Waals surface area (Å²) in [6.07, 6.45) is 0.766. The quantitative estimate of drug-likeness (QED) is 0.569. The van der Waals surface area contributed by atoms with Crippen molar-refractivity contribution in [2.45, 2.75) is 45.7 Å². The predicted molar refractivity (Wildman–Crippen MR) is 57.2 cm³/mol. The summed E-state index contributed by atoms with van der Waals surface area (Å²) < 4.78 is 0. The fourth-order valence-corrected chi connectivity index (χ4v) is 0.795. The average Bonchev–Trinajstić information content (AvgIpc) is 2.16. The zero-order valence-electron chi connectivity index (χ0n) is 9.76. The van der Waals surface area contributed by atoms with Crippen LogP contribution in [0.3, 0.4) is 0 Å². The fraction of sp³-hybridized carbons (Fsp3) is 0.800. The van der Waals surface area contributed by atoms with Gasteiger partial charge in [0.1, 0.15) is 0 Å². The summed E-state index contributed by atoms with van der Waals surface area (Å²) in [6.45, 7) is 6.81. The predicted octanol–water partition coefficient (Wildman–Crippen LogP) is -0.212. The highest BCUT2D eigenvalue weighted by Crippen LogP contribution is 1.99. The monoisotopic (exact) mass is 216 g/mol. The minimum absolute atomic E-state index is 0.0273. The minimum Gasteiger partial charge on any atom is -0.394 e. The van der Waals surface area contributed by atoms with E-state index in [1.807, 2.05) is 13.8 Å². The average molecular weight is 216 g/mol. The highest BCUT2D eigenvalue weighted by Gasteiger charge is 2.23. The van der Waals surface area contributed by atoms with Crippen LogP contribution >= 0.6 is 0 Å². The summed E-state index contributed by atoms with van der Waals surface area (Å²) in [7, 11) is 0. The van der Waals surface area contributed by atoms with Gasteiger partial charge in [0.15, 0.2) is 0 Å². The number of rotatable bonds is 4. The van der Waals surface area contributed by atoms with Crippen molar-refractivity contribution < 1.29 is 14.7 Å². The Balaban J connectivity index is 4.17. The molecule has 1 atom stereocenters. The van der Waals surface area contributed by atoms with E-state index in [9.17, 15) is 9.59 Å². The molecule has 0 aromatic carbocycles. The molecule has 5 heteroatoms. The Morgan fingerprint density at radius 3 is 2.27 bits per heavy atom. The van der Waals surface area contributed by atoms with Crippen LogP contribution in [0.15, 0.2) is 0 Å². The molecule has 0 aliphatic rings. The maximum absolute atomic E-state index is 11.3. The second-order valence-electron chi connectivity index (χ2n) is 4.28. The van der Waals surface area contributed by atoms with Crippen LogP contribution in [0.2, 0.25) is 0 Å². The number of amides is 2. The Bertz CT molecular complexity index is 239. The van der Waals surface area contributed by atoms with E-state index < -0.39 is 17.4 Å². The molecule has 0 aromatic rings. The Morgan fingerprint density at radius 1 is 1.33 bits per heavy atom. The first kappa shape index (κ1) is 13.9. The zero-order valence-corrected chi connectivity index (χ0v) is 9.76. The molecule has 0 aliphatic heterocycles. The third kappa shape index (κ3) is 5.37. The number of aliphatic hydroxyl groups excluding tert-OH is 1. The standard InChI is InChI=1S/C10H20N2O3/c1-5-7(2)11-8(14)9(15)12-10(3,4)6-13/h7,13H,5-6H2,1-4H3,(H,11,14)(H,12,15). The molecule has 3 N–H and O–H groups in total. The molecule has 0 heterocycles. The molecule has 0 spiro atoms. The number of hydrogen-bond acceptors (Lipinski definition) is 3. The van der Waals surface area contributed by atoms with Gasteiger partial charge in [0.25, 0.3) is 0 Å². The van der Waals surface area contributed by atoms with Gasteiger partial charge in [-0.25, -0.2) is 0 Å². The summed E-state index contributed by atoms with van der Waals surface area (Å²) in [5.74, 6) is -1.37. The van der Waals surface area contributed by atoms with E-state index in [2.05, 4.69) is 10.6 Å². The van der Waals surface area contributed by atoms with E-state index >= 15 is 0 Å². The van der Waals surface area contributed by atoms with Crippen molar-refractivity contribution in [2.24, 2.45) is 0 Å². The van der Waals surface area contributed by atoms with Crippen LogP contribution in [0.5, 0.6) is 0 Å². The van der Waals surface area contributed by atoms with Crippen LogP contribution in [0.4, 0.5) is 0 Å². The van der Waals surface area contributed by atoms with Gasteiger partial charge in [0.2, 0.25) is 0 Å². The maximum Gasteiger partial charge on any atom is 0.309 e. The summed E-state index contributed by atoms with van der Waals surface area (Å²) >= 11 is 0. The molecule has 0 saturated carbocycles. The van der Waals surface area contributed by atoms with Gasteiger partial charge < -0.3 is 15.7 Å². The summed E-state index contributed by atoms with van der Waals surface area (Å²) in [5, 5.41) is 13.9. The lowest BCUT2D eigenvalue weighted by Crippen LogP contribution is -2.52. The number of carbonyl (C=O) groups is 2. The number of hydrogen-bond donors (Lipinski definition) is 3. The van der Waals surface area contributed by atoms with E-state index in [-0.39, 0.29) is 12.6 Å². The topological polar surface area (TPSA) is 78.4 Å². The molecule has 88 valence electrons. The van der Waals surface area contributed by atoms with E-state index in [1.165, 1.54) is 0 Å². The van der Waals surface area contributed by atoms with Crippen molar-refractivity contribution in [2.75, 3.05) is 6.61 Å². The second-order valence-corrected chi connectivity index (χ2v) is 4.28. The third-order valence-electron chi connectivity index (χ3n) is 2.04. The molecule has 0 rings (SSSR count). The van der Waals surface area contributed by atoms with Gasteiger partial charge in [0.05, 0.1) is 12.1 Å². The van der Waals surface area contributed by atoms with Crippen molar-refractivity contribution in [1.29, 1.82) is 0 Å². The molecule has 0 aliphatic carbocycles. The van der Waals surface area contributed by atoms with Crippen LogP contribution in [-0.2, 0) is 9.59 Å². The van der Waals surface area contributed by atoms with Crippen LogP contribution in [0.1, 0.15) is 34.1 Å². The van der Waals surface area contributed by atoms with Crippen molar-refractivity contribution in [1.82, 2.24) is 10.6 Å². The molecule has 0 radical (unpaired) electrons. The largest absolute Gasteiger partial charge is 0.394 e. The Hall–Kier alpha value is -1.10. The zero-order chi connectivity index (χ0) is 12.1. The van der Waals surface area contributed by atoms with Crippen LogP contribution in [0.25, 0.3) is 0 Å². The lowest BCUT2D eigenvalue weighted by Gasteiger charge is -2.23. The lowest BCUT2D eigenvalue weighted by molar-refractivity contribution is -0.140. The smallest absolute Gasteiger partial charge is 0.309 e. The molecular formula is C10H20N2O3. The minimum atomic E-state index is -0.774. The van der Waals surface area contributed by atoms with Gasteiger partial charge in [-0.1, -0.05) is 6.92 Å². The van der Waals surface area contributed by atoms with E-state index in [4.69, 9.17) is 5.11 Å². The second kappa shape index (κ2) is 5.70.